The number of esters is 1. The van der Waals surface area contributed by atoms with Crippen molar-refractivity contribution in [1.82, 2.24) is 0 Å². The molecule has 2 fully saturated rings. The monoisotopic (exact) mass is 334 g/mol. The van der Waals surface area contributed by atoms with Gasteiger partial charge in [0.1, 0.15) is 0 Å². The average molecular weight is 335 g/mol. The van der Waals surface area contributed by atoms with Crippen LogP contribution in [0.4, 0.5) is 0 Å². The van der Waals surface area contributed by atoms with Gasteiger partial charge >= 0.3 is 5.97 Å². The van der Waals surface area contributed by atoms with Crippen LogP contribution in [0.2, 0.25) is 0 Å². The third-order valence-electron chi connectivity index (χ3n) is 4.46. The van der Waals surface area contributed by atoms with Gasteiger partial charge in [0.15, 0.2) is 0 Å². The third-order valence-corrected chi connectivity index (χ3v) is 7.45. The van der Waals surface area contributed by atoms with E-state index in [4.69, 9.17) is 9.47 Å². The number of methoxy groups -OCH3 is 1. The normalized spacial score (nSPS) is 33.6. The summed E-state index contributed by atoms with van der Waals surface area (Å²) in [5, 5.41) is 10.4. The summed E-state index contributed by atoms with van der Waals surface area (Å²) in [7, 11) is 1.39. The molecule has 4 nitrogen and oxygen atoms in total. The van der Waals surface area contributed by atoms with Crippen LogP contribution in [0.3, 0.4) is 0 Å². The van der Waals surface area contributed by atoms with E-state index in [-0.39, 0.29) is 30.0 Å². The van der Waals surface area contributed by atoms with Gasteiger partial charge in [0.2, 0.25) is 0 Å². The molecule has 0 unspecified atom stereocenters. The molecule has 1 N–H and O–H groups in total. The predicted molar refractivity (Wildman–Crippen MR) is 87.6 cm³/mol. The number of aliphatic hydroxyl groups is 1. The van der Waals surface area contributed by atoms with Gasteiger partial charge in [-0.1, -0.05) is 13.8 Å². The SMILES string of the molecule is COC(=O)C[C@H]1C[C@@H](O)C(C)(C)[C@@H](CC2SCCCS2)O1. The number of thioether (sulfide) groups is 2. The van der Waals surface area contributed by atoms with Gasteiger partial charge in [0.25, 0.3) is 0 Å². The van der Waals surface area contributed by atoms with E-state index in [1.165, 1.54) is 25.0 Å². The Hall–Kier alpha value is 0.0900. The van der Waals surface area contributed by atoms with Crippen molar-refractivity contribution in [2.24, 2.45) is 5.41 Å². The molecule has 0 spiro atoms. The first-order valence-electron chi connectivity index (χ1n) is 7.57. The van der Waals surface area contributed by atoms with Crippen molar-refractivity contribution in [2.75, 3.05) is 18.6 Å². The minimum absolute atomic E-state index is 0.0148. The van der Waals surface area contributed by atoms with Crippen molar-refractivity contribution < 1.29 is 19.4 Å². The van der Waals surface area contributed by atoms with Gasteiger partial charge < -0.3 is 14.6 Å². The molecular weight excluding hydrogens is 308 g/mol. The summed E-state index contributed by atoms with van der Waals surface area (Å²) in [4.78, 5) is 11.5. The van der Waals surface area contributed by atoms with Crippen LogP contribution in [0, 0.1) is 5.41 Å². The first kappa shape index (κ1) is 17.4. The smallest absolute Gasteiger partial charge is 0.308 e. The number of carbonyl (C=O) groups excluding carboxylic acids is 1. The molecular formula is C15H26O4S2. The Morgan fingerprint density at radius 1 is 1.38 bits per heavy atom. The van der Waals surface area contributed by atoms with Crippen LogP contribution in [0.25, 0.3) is 0 Å². The fraction of sp³-hybridized carbons (Fsp3) is 0.933. The number of aliphatic hydroxyl groups excluding tert-OH is 1. The van der Waals surface area contributed by atoms with Crippen LogP contribution in [-0.4, -0.2) is 52.6 Å². The summed E-state index contributed by atoms with van der Waals surface area (Å²) in [6.07, 6.45) is 2.24. The van der Waals surface area contributed by atoms with Crippen molar-refractivity contribution in [1.29, 1.82) is 0 Å². The molecule has 0 saturated carbocycles. The van der Waals surface area contributed by atoms with E-state index >= 15 is 0 Å². The maximum atomic E-state index is 11.5. The standard InChI is InChI=1S/C15H26O4S2/c1-15(2)11(16)7-10(8-13(17)18-3)19-12(15)9-14-20-5-4-6-21-14/h10-12,14,16H,4-9H2,1-3H3/t10-,11-,12-/m1/s1. The molecule has 2 rings (SSSR count). The van der Waals surface area contributed by atoms with Crippen LogP contribution < -0.4 is 0 Å². The second-order valence-electron chi connectivity index (χ2n) is 6.36. The molecule has 3 atom stereocenters. The lowest BCUT2D eigenvalue weighted by Gasteiger charge is -2.46. The van der Waals surface area contributed by atoms with Gasteiger partial charge in [-0.2, -0.15) is 0 Å². The maximum Gasteiger partial charge on any atom is 0.308 e. The zero-order chi connectivity index (χ0) is 15.5. The van der Waals surface area contributed by atoms with Gasteiger partial charge in [-0.25, -0.2) is 0 Å². The molecule has 21 heavy (non-hydrogen) atoms. The zero-order valence-corrected chi connectivity index (χ0v) is 14.7. The van der Waals surface area contributed by atoms with E-state index in [1.54, 1.807) is 0 Å². The van der Waals surface area contributed by atoms with Crippen LogP contribution in [0.1, 0.15) is 39.5 Å². The van der Waals surface area contributed by atoms with Gasteiger partial charge in [-0.05, 0) is 24.3 Å². The number of hydrogen-bond acceptors (Lipinski definition) is 6. The third kappa shape index (κ3) is 4.53. The van der Waals surface area contributed by atoms with E-state index in [0.29, 0.717) is 11.0 Å². The van der Waals surface area contributed by atoms with Crippen LogP contribution in [0.15, 0.2) is 0 Å². The lowest BCUT2D eigenvalue weighted by molar-refractivity contribution is -0.182. The average Bonchev–Trinajstić information content (AvgIpc) is 2.45. The number of ether oxygens (including phenoxy) is 2. The molecule has 2 saturated heterocycles. The van der Waals surface area contributed by atoms with Crippen LogP contribution >= 0.6 is 23.5 Å². The molecule has 0 bridgehead atoms. The fourth-order valence-corrected chi connectivity index (χ4v) is 5.75. The van der Waals surface area contributed by atoms with Crippen molar-refractivity contribution in [3.05, 3.63) is 0 Å². The minimum Gasteiger partial charge on any atom is -0.469 e. The summed E-state index contributed by atoms with van der Waals surface area (Å²) in [5.41, 5.74) is -0.273. The van der Waals surface area contributed by atoms with Crippen LogP contribution in [-0.2, 0) is 14.3 Å². The second-order valence-corrected chi connectivity index (χ2v) is 9.28. The molecule has 2 heterocycles. The highest BCUT2D eigenvalue weighted by molar-refractivity contribution is 8.17. The quantitative estimate of drug-likeness (QED) is 0.798. The molecule has 0 aromatic carbocycles. The Kier molecular flexibility index (Phi) is 6.29. The largest absolute Gasteiger partial charge is 0.469 e. The molecule has 0 aliphatic carbocycles. The summed E-state index contributed by atoms with van der Waals surface area (Å²) < 4.78 is 11.4. The Labute approximate surface area is 135 Å². The Bertz CT molecular complexity index is 356. The van der Waals surface area contributed by atoms with Crippen molar-refractivity contribution >= 4 is 29.5 Å². The molecule has 0 radical (unpaired) electrons. The summed E-state index contributed by atoms with van der Waals surface area (Å²) in [5.74, 6) is 2.14. The van der Waals surface area contributed by atoms with Gasteiger partial charge in [0, 0.05) is 11.8 Å². The molecule has 2 aliphatic rings. The molecule has 2 aliphatic heterocycles. The molecule has 0 aromatic rings. The van der Waals surface area contributed by atoms with E-state index < -0.39 is 6.10 Å². The number of rotatable bonds is 4. The van der Waals surface area contributed by atoms with Gasteiger partial charge in [-0.15, -0.1) is 23.5 Å². The molecule has 0 aromatic heterocycles. The number of carbonyl (C=O) groups is 1. The van der Waals surface area contributed by atoms with Gasteiger partial charge in [-0.3, -0.25) is 4.79 Å². The van der Waals surface area contributed by atoms with E-state index in [2.05, 4.69) is 13.8 Å². The lowest BCUT2D eigenvalue weighted by Crippen LogP contribution is -2.51. The highest BCUT2D eigenvalue weighted by atomic mass is 32.2. The number of hydrogen-bond donors (Lipinski definition) is 1. The molecule has 0 amide bonds. The summed E-state index contributed by atoms with van der Waals surface area (Å²) in [6, 6.07) is 0. The van der Waals surface area contributed by atoms with E-state index in [9.17, 15) is 9.90 Å². The second kappa shape index (κ2) is 7.57. The summed E-state index contributed by atoms with van der Waals surface area (Å²) >= 11 is 3.98. The first-order chi connectivity index (χ1) is 9.93. The summed E-state index contributed by atoms with van der Waals surface area (Å²) in [6.45, 7) is 4.13. The van der Waals surface area contributed by atoms with Crippen molar-refractivity contribution in [2.45, 2.75) is 62.4 Å². The van der Waals surface area contributed by atoms with Gasteiger partial charge in [0.05, 0.1) is 36.4 Å². The van der Waals surface area contributed by atoms with Crippen LogP contribution in [0.5, 0.6) is 0 Å². The highest BCUT2D eigenvalue weighted by Gasteiger charge is 2.45. The van der Waals surface area contributed by atoms with Crippen molar-refractivity contribution in [3.8, 4) is 0 Å². The topological polar surface area (TPSA) is 55.8 Å². The predicted octanol–water partition coefficient (Wildman–Crippen LogP) is 2.68. The Morgan fingerprint density at radius 2 is 2.05 bits per heavy atom. The molecule has 6 heteroatoms. The fourth-order valence-electron chi connectivity index (χ4n) is 2.84. The Balaban J connectivity index is 1.98. The van der Waals surface area contributed by atoms with E-state index in [0.717, 1.165) is 6.42 Å². The lowest BCUT2D eigenvalue weighted by atomic mass is 9.75. The minimum atomic E-state index is -0.440. The highest BCUT2D eigenvalue weighted by Crippen LogP contribution is 2.43. The molecule has 122 valence electrons. The van der Waals surface area contributed by atoms with E-state index in [1.807, 2.05) is 23.5 Å². The first-order valence-corrected chi connectivity index (χ1v) is 9.66. The van der Waals surface area contributed by atoms with Crippen molar-refractivity contribution in [3.63, 3.8) is 0 Å². The maximum absolute atomic E-state index is 11.5. The Morgan fingerprint density at radius 3 is 2.67 bits per heavy atom. The zero-order valence-electron chi connectivity index (χ0n) is 13.0.